The van der Waals surface area contributed by atoms with E-state index < -0.39 is 0 Å². The zero-order valence-electron chi connectivity index (χ0n) is 6.84. The van der Waals surface area contributed by atoms with E-state index in [-0.39, 0.29) is 65.0 Å². The van der Waals surface area contributed by atoms with Gasteiger partial charge in [0.15, 0.2) is 0 Å². The van der Waals surface area contributed by atoms with Crippen molar-refractivity contribution in [3.05, 3.63) is 0 Å². The van der Waals surface area contributed by atoms with Crippen LogP contribution in [0.2, 0.25) is 0 Å². The van der Waals surface area contributed by atoms with Gasteiger partial charge in [-0.1, -0.05) is 25.9 Å². The third-order valence-electron chi connectivity index (χ3n) is 0. The molecule has 0 aromatic rings. The fraction of sp³-hybridized carbons (Fsp3) is 0. The fourth-order valence-corrected chi connectivity index (χ4v) is 0. The van der Waals surface area contributed by atoms with Crippen LogP contribution in [0.25, 0.3) is 0 Å². The van der Waals surface area contributed by atoms with Gasteiger partial charge in [-0.2, -0.15) is 0 Å². The van der Waals surface area contributed by atoms with Gasteiger partial charge in [-0.15, -0.1) is 0 Å². The van der Waals surface area contributed by atoms with Crippen LogP contribution < -0.4 is 0 Å². The molecule has 0 unspecified atom stereocenters. The molecule has 10 heteroatoms. The average Bonchev–Trinajstić information content (AvgIpc) is 1.92. The van der Waals surface area contributed by atoms with Gasteiger partial charge >= 0.3 is 65.0 Å². The number of hydrogen-bond donors (Lipinski definition) is 4. The molecule has 8 nitrogen and oxygen atoms in total. The predicted molar refractivity (Wildman–Crippen MR) is 39.0 cm³/mol. The summed E-state index contributed by atoms with van der Waals surface area (Å²) in [6, 6.07) is 0. The first kappa shape index (κ1) is 36.9. The van der Waals surface area contributed by atoms with Gasteiger partial charge in [0.05, 0.1) is 0 Å². The first-order chi connectivity index (χ1) is 5.66. The van der Waals surface area contributed by atoms with E-state index in [0.717, 1.165) is 0 Å². The zero-order chi connectivity index (χ0) is 10.8. The molecule has 0 bridgehead atoms. The molecule has 0 heterocycles. The maximum atomic E-state index is 8.24. The molecule has 0 aliphatic carbocycles. The van der Waals surface area contributed by atoms with E-state index in [1.54, 1.807) is 0 Å². The first-order valence-corrected chi connectivity index (χ1v) is 1.71. The Morgan fingerprint density at radius 2 is 0.571 bits per heavy atom. The van der Waals surface area contributed by atoms with Crippen LogP contribution in [0, 0.1) is 0 Å². The van der Waals surface area contributed by atoms with Gasteiger partial charge in [-0.25, -0.2) is 0 Å². The third kappa shape index (κ3) is 386000. The molecule has 72 valence electrons. The summed E-state index contributed by atoms with van der Waals surface area (Å²) in [6.45, 7) is 2.00. The largest absolute Gasteiger partial charge is 2.00 e. The van der Waals surface area contributed by atoms with Crippen LogP contribution in [0.3, 0.4) is 0 Å². The Balaban J connectivity index is -0.0000000145. The Morgan fingerprint density at radius 1 is 0.571 bits per heavy atom. The Bertz CT molecular complexity index is 75.3. The van der Waals surface area contributed by atoms with E-state index in [2.05, 4.69) is 0 Å². The van der Waals surface area contributed by atoms with Gasteiger partial charge in [-0.05, 0) is 0 Å². The maximum absolute atomic E-state index is 8.24. The van der Waals surface area contributed by atoms with Crippen molar-refractivity contribution in [3.63, 3.8) is 0 Å². The Hall–Kier alpha value is 0.0618. The molecule has 0 aliphatic rings. The molecule has 0 atom stereocenters. The van der Waals surface area contributed by atoms with Crippen LogP contribution in [-0.2, 0) is 46.5 Å². The molecule has 0 saturated heterocycles. The smallest absolute Gasteiger partial charge is 0.665 e. The quantitative estimate of drug-likeness (QED) is 0.296. The summed E-state index contributed by atoms with van der Waals surface area (Å²) in [6.07, 6.45) is 0. The van der Waals surface area contributed by atoms with Crippen LogP contribution in [0.15, 0.2) is 0 Å². The molecule has 0 spiro atoms. The van der Waals surface area contributed by atoms with E-state index in [1.165, 1.54) is 0 Å². The minimum atomic E-state index is 0. The van der Waals surface area contributed by atoms with Gasteiger partial charge in [0, 0.05) is 0 Å². The second-order valence-corrected chi connectivity index (χ2v) is 0.365. The van der Waals surface area contributed by atoms with Crippen LogP contribution in [0.5, 0.6) is 0 Å². The summed E-state index contributed by atoms with van der Waals surface area (Å²) in [5.74, 6) is 0. The average molecular weight is 333 g/mol. The molecular formula is C4H4CaCdO8. The number of rotatable bonds is 0. The predicted octanol–water partition coefficient (Wildman–Crippen LogP) is -1.94. The molecule has 0 radical (unpaired) electrons. The van der Waals surface area contributed by atoms with Gasteiger partial charge in [0.25, 0.3) is 0 Å². The van der Waals surface area contributed by atoms with Crippen molar-refractivity contribution in [2.24, 2.45) is 0 Å². The molecule has 14 heavy (non-hydrogen) atoms. The fourth-order valence-electron chi connectivity index (χ4n) is 0. The van der Waals surface area contributed by atoms with Crippen LogP contribution >= 0.6 is 0 Å². The second kappa shape index (κ2) is 115. The van der Waals surface area contributed by atoms with Gasteiger partial charge in [0.1, 0.15) is 0 Å². The SMILES string of the molecule is O=[C-]O.O=[C-]O.O=[C-]O.O=[C-]O.[Ca+2].[Cd+2]. The summed E-state index contributed by atoms with van der Waals surface area (Å²) in [5, 5.41) is 27.1. The minimum Gasteiger partial charge on any atom is -0.665 e. The maximum Gasteiger partial charge on any atom is 2.00 e. The molecule has 0 aliphatic heterocycles. The van der Waals surface area contributed by atoms with Crippen LogP contribution in [-0.4, -0.2) is 84.1 Å². The third-order valence-corrected chi connectivity index (χ3v) is 0. The van der Waals surface area contributed by atoms with Crippen LogP contribution in [0.1, 0.15) is 0 Å². The van der Waals surface area contributed by atoms with Gasteiger partial charge in [0.2, 0.25) is 0 Å². The first-order valence-electron chi connectivity index (χ1n) is 1.71. The normalized spacial score (nSPS) is 3.43. The molecule has 0 fully saturated rings. The van der Waals surface area contributed by atoms with Crippen molar-refractivity contribution >= 4 is 63.6 Å². The molecule has 0 aromatic carbocycles. The topological polar surface area (TPSA) is 149 Å². The van der Waals surface area contributed by atoms with Crippen LogP contribution in [0.4, 0.5) is 0 Å². The summed E-state index contributed by atoms with van der Waals surface area (Å²) in [4.78, 5) is 32.9. The summed E-state index contributed by atoms with van der Waals surface area (Å²) < 4.78 is 0. The van der Waals surface area contributed by atoms with E-state index in [1.807, 2.05) is 0 Å². The van der Waals surface area contributed by atoms with Crippen molar-refractivity contribution in [3.8, 4) is 0 Å². The molecule has 0 rings (SSSR count). The second-order valence-electron chi connectivity index (χ2n) is 0.365. The minimum absolute atomic E-state index is 0. The number of hydrogen-bond acceptors (Lipinski definition) is 4. The summed E-state index contributed by atoms with van der Waals surface area (Å²) in [7, 11) is 0. The Kier molecular flexibility index (Phi) is 304. The molecule has 4 N–H and O–H groups in total. The molecule has 0 saturated carbocycles. The van der Waals surface area contributed by atoms with Crippen molar-refractivity contribution < 1.29 is 66.9 Å². The summed E-state index contributed by atoms with van der Waals surface area (Å²) >= 11 is 0. The molecular weight excluding hydrogens is 329 g/mol. The monoisotopic (exact) mass is 334 g/mol. The van der Waals surface area contributed by atoms with E-state index in [0.29, 0.717) is 25.9 Å². The van der Waals surface area contributed by atoms with Crippen molar-refractivity contribution in [1.82, 2.24) is 0 Å². The summed E-state index contributed by atoms with van der Waals surface area (Å²) in [5.41, 5.74) is 0. The van der Waals surface area contributed by atoms with Gasteiger partial charge in [-0.3, -0.25) is 0 Å². The molecule has 0 amide bonds. The van der Waals surface area contributed by atoms with E-state index in [4.69, 9.17) is 39.6 Å². The van der Waals surface area contributed by atoms with Gasteiger partial charge < -0.3 is 39.6 Å². The van der Waals surface area contributed by atoms with Crippen molar-refractivity contribution in [1.29, 1.82) is 0 Å². The Morgan fingerprint density at radius 3 is 0.571 bits per heavy atom. The zero-order valence-corrected chi connectivity index (χ0v) is 13.1. The Labute approximate surface area is 129 Å². The van der Waals surface area contributed by atoms with Crippen molar-refractivity contribution in [2.75, 3.05) is 0 Å². The van der Waals surface area contributed by atoms with Crippen molar-refractivity contribution in [2.45, 2.75) is 0 Å². The standard InChI is InChI=1S/4CHO2.Ca.Cd/c4*2-1-3;;/h4*(H,2,3);;/q4*-1;2*+2. The molecule has 0 aromatic heterocycles. The number of aliphatic hydroxyl groups excluding tert-OH is 4. The van der Waals surface area contributed by atoms with E-state index >= 15 is 0 Å². The van der Waals surface area contributed by atoms with E-state index in [9.17, 15) is 0 Å².